The number of aliphatic hydroxyl groups is 1. The molecule has 0 bridgehead atoms. The number of ether oxygens (including phenoxy) is 2. The van der Waals surface area contributed by atoms with Crippen molar-refractivity contribution < 1.29 is 19.0 Å². The number of aliphatic hydroxyl groups excluding tert-OH is 1. The van der Waals surface area contributed by atoms with Gasteiger partial charge in [-0.1, -0.05) is 0 Å². The molecule has 1 saturated heterocycles. The topological polar surface area (TPSA) is 55.1 Å². The second-order valence-corrected chi connectivity index (χ2v) is 7.42. The highest BCUT2D eigenvalue weighted by Gasteiger charge is 2.23. The fourth-order valence-electron chi connectivity index (χ4n) is 2.77. The Morgan fingerprint density at radius 3 is 2.74 bits per heavy atom. The van der Waals surface area contributed by atoms with E-state index in [4.69, 9.17) is 13.9 Å². The van der Waals surface area contributed by atoms with Gasteiger partial charge in [0.2, 0.25) is 0 Å². The maximum Gasteiger partial charge on any atom is 0.118 e. The zero-order chi connectivity index (χ0) is 16.9. The van der Waals surface area contributed by atoms with Crippen molar-refractivity contribution in [3.05, 3.63) is 23.7 Å². The first-order valence-electron chi connectivity index (χ1n) is 8.53. The third kappa shape index (κ3) is 7.04. The molecule has 5 nitrogen and oxygen atoms in total. The van der Waals surface area contributed by atoms with Gasteiger partial charge in [0.1, 0.15) is 11.5 Å². The summed E-state index contributed by atoms with van der Waals surface area (Å²) in [5, 5.41) is 10.3. The van der Waals surface area contributed by atoms with Crippen molar-refractivity contribution in [2.75, 3.05) is 26.3 Å². The molecule has 1 fully saturated rings. The Balaban J connectivity index is 1.89. The number of nitrogens with zero attached hydrogens (tertiary/aromatic N) is 1. The number of aryl methyl sites for hydroxylation is 1. The molecule has 132 valence electrons. The molecule has 0 amide bonds. The standard InChI is InChI=1S/C18H31NO4/c1-14-7-8-17(23-14)12-19(11-16-6-5-9-21-16)10-15(20)13-22-18(2,3)4/h7-8,15-16,20H,5-6,9-13H2,1-4H3. The molecule has 2 rings (SSSR count). The molecule has 0 aliphatic carbocycles. The van der Waals surface area contributed by atoms with E-state index >= 15 is 0 Å². The Kier molecular flexibility index (Phi) is 6.65. The summed E-state index contributed by atoms with van der Waals surface area (Å²) in [6.07, 6.45) is 1.93. The maximum atomic E-state index is 10.3. The molecule has 2 atom stereocenters. The summed E-state index contributed by atoms with van der Waals surface area (Å²) < 4.78 is 17.1. The summed E-state index contributed by atoms with van der Waals surface area (Å²) in [5.41, 5.74) is -0.238. The minimum atomic E-state index is -0.522. The first kappa shape index (κ1) is 18.5. The average molecular weight is 325 g/mol. The van der Waals surface area contributed by atoms with Gasteiger partial charge < -0.3 is 19.0 Å². The predicted molar refractivity (Wildman–Crippen MR) is 89.4 cm³/mol. The fraction of sp³-hybridized carbons (Fsp3) is 0.778. The lowest BCUT2D eigenvalue weighted by atomic mass is 10.2. The Morgan fingerprint density at radius 1 is 1.39 bits per heavy atom. The molecule has 0 radical (unpaired) electrons. The molecule has 5 heteroatoms. The van der Waals surface area contributed by atoms with E-state index in [2.05, 4.69) is 4.90 Å². The Bertz CT molecular complexity index is 460. The van der Waals surface area contributed by atoms with Crippen LogP contribution in [0.4, 0.5) is 0 Å². The van der Waals surface area contributed by atoms with Crippen LogP contribution in [0.15, 0.2) is 16.5 Å². The zero-order valence-electron chi connectivity index (χ0n) is 14.9. The SMILES string of the molecule is Cc1ccc(CN(CC(O)COC(C)(C)C)CC2CCCO2)o1. The maximum absolute atomic E-state index is 10.3. The molecule has 2 heterocycles. The molecule has 1 aromatic rings. The van der Waals surface area contributed by atoms with Crippen molar-refractivity contribution in [3.8, 4) is 0 Å². The van der Waals surface area contributed by atoms with Crippen molar-refractivity contribution >= 4 is 0 Å². The van der Waals surface area contributed by atoms with Gasteiger partial charge in [-0.2, -0.15) is 0 Å². The van der Waals surface area contributed by atoms with Gasteiger partial charge in [0, 0.05) is 19.7 Å². The zero-order valence-corrected chi connectivity index (χ0v) is 14.9. The molecule has 0 aromatic carbocycles. The van der Waals surface area contributed by atoms with Crippen LogP contribution in [0.1, 0.15) is 45.1 Å². The van der Waals surface area contributed by atoms with Crippen LogP contribution < -0.4 is 0 Å². The lowest BCUT2D eigenvalue weighted by Crippen LogP contribution is -2.40. The Morgan fingerprint density at radius 2 is 2.17 bits per heavy atom. The molecular weight excluding hydrogens is 294 g/mol. The number of hydrogen-bond donors (Lipinski definition) is 1. The van der Waals surface area contributed by atoms with Gasteiger partial charge in [0.05, 0.1) is 31.0 Å². The van der Waals surface area contributed by atoms with E-state index in [1.165, 1.54) is 0 Å². The summed E-state index contributed by atoms with van der Waals surface area (Å²) in [6, 6.07) is 3.97. The van der Waals surface area contributed by atoms with Crippen molar-refractivity contribution in [2.45, 2.75) is 64.9 Å². The molecule has 2 unspecified atom stereocenters. The normalized spacial score (nSPS) is 20.3. The van der Waals surface area contributed by atoms with E-state index in [0.29, 0.717) is 19.7 Å². The summed E-state index contributed by atoms with van der Waals surface area (Å²) in [6.45, 7) is 11.2. The molecule has 0 saturated carbocycles. The van der Waals surface area contributed by atoms with Gasteiger partial charge in [-0.25, -0.2) is 0 Å². The minimum absolute atomic E-state index is 0.238. The molecular formula is C18H31NO4. The summed E-state index contributed by atoms with van der Waals surface area (Å²) >= 11 is 0. The highest BCUT2D eigenvalue weighted by molar-refractivity contribution is 5.05. The van der Waals surface area contributed by atoms with Crippen molar-refractivity contribution in [3.63, 3.8) is 0 Å². The predicted octanol–water partition coefficient (Wildman–Crippen LogP) is 2.75. The van der Waals surface area contributed by atoms with E-state index in [-0.39, 0.29) is 11.7 Å². The first-order valence-corrected chi connectivity index (χ1v) is 8.53. The van der Waals surface area contributed by atoms with Gasteiger partial charge in [-0.3, -0.25) is 4.90 Å². The van der Waals surface area contributed by atoms with Crippen molar-refractivity contribution in [1.82, 2.24) is 4.90 Å². The quantitative estimate of drug-likeness (QED) is 0.796. The van der Waals surface area contributed by atoms with Gasteiger partial charge >= 0.3 is 0 Å². The van der Waals surface area contributed by atoms with Crippen molar-refractivity contribution in [2.24, 2.45) is 0 Å². The summed E-state index contributed by atoms with van der Waals surface area (Å²) in [7, 11) is 0. The van der Waals surface area contributed by atoms with E-state index < -0.39 is 6.10 Å². The molecule has 1 aliphatic rings. The second-order valence-electron chi connectivity index (χ2n) is 7.42. The molecule has 1 N–H and O–H groups in total. The Labute approximate surface area is 139 Å². The van der Waals surface area contributed by atoms with Crippen LogP contribution in [0.25, 0.3) is 0 Å². The van der Waals surface area contributed by atoms with Gasteiger partial charge in [0.15, 0.2) is 0 Å². The van der Waals surface area contributed by atoms with E-state index in [0.717, 1.165) is 37.5 Å². The summed E-state index contributed by atoms with van der Waals surface area (Å²) in [5.74, 6) is 1.83. The van der Waals surface area contributed by atoms with Crippen LogP contribution in [0.2, 0.25) is 0 Å². The number of hydrogen-bond acceptors (Lipinski definition) is 5. The van der Waals surface area contributed by atoms with E-state index in [9.17, 15) is 5.11 Å². The highest BCUT2D eigenvalue weighted by Crippen LogP contribution is 2.17. The van der Waals surface area contributed by atoms with E-state index in [1.807, 2.05) is 39.8 Å². The smallest absolute Gasteiger partial charge is 0.118 e. The van der Waals surface area contributed by atoms with Crippen molar-refractivity contribution in [1.29, 1.82) is 0 Å². The molecule has 1 aromatic heterocycles. The lowest BCUT2D eigenvalue weighted by Gasteiger charge is -2.28. The molecule has 1 aliphatic heterocycles. The van der Waals surface area contributed by atoms with E-state index in [1.54, 1.807) is 0 Å². The third-order valence-electron chi connectivity index (χ3n) is 3.84. The van der Waals surface area contributed by atoms with Gasteiger partial charge in [0.25, 0.3) is 0 Å². The average Bonchev–Trinajstić information content (AvgIpc) is 3.08. The van der Waals surface area contributed by atoms with Crippen LogP contribution in [0.5, 0.6) is 0 Å². The van der Waals surface area contributed by atoms with Crippen LogP contribution >= 0.6 is 0 Å². The second kappa shape index (κ2) is 8.29. The highest BCUT2D eigenvalue weighted by atomic mass is 16.5. The minimum Gasteiger partial charge on any atom is -0.465 e. The van der Waals surface area contributed by atoms with Crippen LogP contribution in [0.3, 0.4) is 0 Å². The third-order valence-corrected chi connectivity index (χ3v) is 3.84. The fourth-order valence-corrected chi connectivity index (χ4v) is 2.77. The first-order chi connectivity index (χ1) is 10.8. The van der Waals surface area contributed by atoms with Crippen LogP contribution in [0, 0.1) is 6.92 Å². The number of rotatable bonds is 8. The van der Waals surface area contributed by atoms with Crippen LogP contribution in [-0.2, 0) is 16.0 Å². The largest absolute Gasteiger partial charge is 0.465 e. The van der Waals surface area contributed by atoms with Gasteiger partial charge in [-0.15, -0.1) is 0 Å². The lowest BCUT2D eigenvalue weighted by molar-refractivity contribution is -0.0598. The van der Waals surface area contributed by atoms with Gasteiger partial charge in [-0.05, 0) is 52.7 Å². The monoisotopic (exact) mass is 325 g/mol. The van der Waals surface area contributed by atoms with Crippen LogP contribution in [-0.4, -0.2) is 54.1 Å². The summed E-state index contributed by atoms with van der Waals surface area (Å²) in [4.78, 5) is 2.20. The number of furan rings is 1. The molecule has 0 spiro atoms. The Hall–Kier alpha value is -0.880. The molecule has 23 heavy (non-hydrogen) atoms.